The van der Waals surface area contributed by atoms with E-state index in [2.05, 4.69) is 15.9 Å². The minimum absolute atomic E-state index is 0.0549. The topological polar surface area (TPSA) is 54.4 Å². The molecule has 0 radical (unpaired) electrons. The van der Waals surface area contributed by atoms with Crippen molar-refractivity contribution in [3.63, 3.8) is 0 Å². The van der Waals surface area contributed by atoms with E-state index in [4.69, 9.17) is 0 Å². The number of hydrogen-bond acceptors (Lipinski definition) is 3. The third-order valence-electron chi connectivity index (χ3n) is 3.06. The van der Waals surface area contributed by atoms with Crippen LogP contribution >= 0.6 is 15.9 Å². The Bertz CT molecular complexity index is 523. The summed E-state index contributed by atoms with van der Waals surface area (Å²) in [5, 5.41) is 9.93. The third-order valence-corrected chi connectivity index (χ3v) is 5.45. The molecule has 0 amide bonds. The Labute approximate surface area is 110 Å². The fourth-order valence-corrected chi connectivity index (χ4v) is 4.00. The molecule has 5 heteroatoms. The van der Waals surface area contributed by atoms with E-state index < -0.39 is 15.9 Å². The van der Waals surface area contributed by atoms with Crippen LogP contribution in [0.3, 0.4) is 0 Å². The highest BCUT2D eigenvalue weighted by molar-refractivity contribution is 9.09. The summed E-state index contributed by atoms with van der Waals surface area (Å²) in [7, 11) is -3.10. The Morgan fingerprint density at radius 1 is 1.41 bits per heavy atom. The number of aliphatic hydroxyl groups excluding tert-OH is 1. The number of halogens is 1. The summed E-state index contributed by atoms with van der Waals surface area (Å²) in [4.78, 5) is 0.377. The van der Waals surface area contributed by atoms with Gasteiger partial charge in [0.05, 0.1) is 16.8 Å². The van der Waals surface area contributed by atoms with Gasteiger partial charge in [-0.2, -0.15) is 0 Å². The summed E-state index contributed by atoms with van der Waals surface area (Å²) < 4.78 is 23.6. The first-order valence-corrected chi connectivity index (χ1v) is 8.16. The van der Waals surface area contributed by atoms with Gasteiger partial charge in [-0.15, -0.1) is 0 Å². The summed E-state index contributed by atoms with van der Waals surface area (Å²) in [5.74, 6) is 0.233. The maximum Gasteiger partial charge on any atom is 0.178 e. The fourth-order valence-electron chi connectivity index (χ4n) is 2.11. The van der Waals surface area contributed by atoms with E-state index in [-0.39, 0.29) is 10.6 Å². The fraction of sp³-hybridized carbons (Fsp3) is 0.500. The number of alkyl halides is 1. The predicted octanol–water partition coefficient (Wildman–Crippen LogP) is 2.22. The van der Waals surface area contributed by atoms with Gasteiger partial charge < -0.3 is 5.11 Å². The van der Waals surface area contributed by atoms with Crippen molar-refractivity contribution in [3.8, 4) is 0 Å². The van der Waals surface area contributed by atoms with Crippen molar-refractivity contribution in [2.24, 2.45) is 0 Å². The molecule has 2 unspecified atom stereocenters. The van der Waals surface area contributed by atoms with Gasteiger partial charge in [0.25, 0.3) is 0 Å². The first kappa shape index (κ1) is 13.1. The molecule has 0 saturated heterocycles. The van der Waals surface area contributed by atoms with Crippen LogP contribution in [0.5, 0.6) is 0 Å². The lowest BCUT2D eigenvalue weighted by atomic mass is 10.0. The zero-order valence-electron chi connectivity index (χ0n) is 9.56. The second kappa shape index (κ2) is 4.71. The number of aryl methyl sites for hydroxylation is 1. The molecule has 2 atom stereocenters. The molecule has 1 aromatic rings. The highest BCUT2D eigenvalue weighted by Crippen LogP contribution is 2.29. The largest absolute Gasteiger partial charge is 0.387 e. The highest BCUT2D eigenvalue weighted by Gasteiger charge is 2.24. The Balaban J connectivity index is 2.45. The highest BCUT2D eigenvalue weighted by atomic mass is 79.9. The van der Waals surface area contributed by atoms with Gasteiger partial charge in [0.1, 0.15) is 0 Å². The predicted molar refractivity (Wildman–Crippen MR) is 70.2 cm³/mol. The number of aliphatic hydroxyl groups is 1. The quantitative estimate of drug-likeness (QED) is 0.851. The zero-order valence-corrected chi connectivity index (χ0v) is 12.0. The standard InChI is InChI=1S/C12H15BrO3S/c1-8(13)12(14)10-4-5-11-9(7-10)3-2-6-17(11,15)16/h4-5,7-8,12,14H,2-3,6H2,1H3. The van der Waals surface area contributed by atoms with Crippen molar-refractivity contribution in [3.05, 3.63) is 29.3 Å². The second-order valence-electron chi connectivity index (χ2n) is 4.41. The van der Waals surface area contributed by atoms with Crippen molar-refractivity contribution in [2.45, 2.75) is 35.6 Å². The molecule has 1 aliphatic rings. The SMILES string of the molecule is CC(Br)C(O)c1ccc2c(c1)CCCS2(=O)=O. The molecule has 0 fully saturated rings. The number of rotatable bonds is 2. The first-order chi connectivity index (χ1) is 7.92. The van der Waals surface area contributed by atoms with Gasteiger partial charge >= 0.3 is 0 Å². The molecule has 1 heterocycles. The summed E-state index contributed by atoms with van der Waals surface area (Å²) in [6.07, 6.45) is 0.829. The molecule has 0 spiro atoms. The molecule has 1 aromatic carbocycles. The second-order valence-corrected chi connectivity index (χ2v) is 7.93. The minimum Gasteiger partial charge on any atom is -0.387 e. The van der Waals surface area contributed by atoms with E-state index in [0.29, 0.717) is 11.3 Å². The molecule has 0 bridgehead atoms. The van der Waals surface area contributed by atoms with Gasteiger partial charge in [-0.1, -0.05) is 28.1 Å². The van der Waals surface area contributed by atoms with E-state index in [1.807, 2.05) is 13.0 Å². The maximum atomic E-state index is 11.8. The molecule has 2 rings (SSSR count). The summed E-state index contributed by atoms with van der Waals surface area (Å²) in [5.41, 5.74) is 1.60. The van der Waals surface area contributed by atoms with Crippen molar-refractivity contribution < 1.29 is 13.5 Å². The summed E-state index contributed by atoms with van der Waals surface area (Å²) >= 11 is 3.33. The summed E-state index contributed by atoms with van der Waals surface area (Å²) in [6.45, 7) is 1.86. The average molecular weight is 319 g/mol. The normalized spacial score (nSPS) is 21.6. The van der Waals surface area contributed by atoms with Crippen molar-refractivity contribution >= 4 is 25.8 Å². The zero-order chi connectivity index (χ0) is 12.6. The van der Waals surface area contributed by atoms with Crippen LogP contribution < -0.4 is 0 Å². The number of fused-ring (bicyclic) bond motifs is 1. The number of hydrogen-bond donors (Lipinski definition) is 1. The van der Waals surface area contributed by atoms with Gasteiger partial charge in [0, 0.05) is 4.83 Å². The minimum atomic E-state index is -3.10. The summed E-state index contributed by atoms with van der Waals surface area (Å²) in [6, 6.07) is 5.14. The Kier molecular flexibility index (Phi) is 3.61. The van der Waals surface area contributed by atoms with E-state index in [0.717, 1.165) is 17.5 Å². The number of sulfone groups is 1. The van der Waals surface area contributed by atoms with Crippen LogP contribution in [-0.2, 0) is 16.3 Å². The Hall–Kier alpha value is -0.390. The first-order valence-electron chi connectivity index (χ1n) is 5.59. The van der Waals surface area contributed by atoms with Crippen molar-refractivity contribution in [1.82, 2.24) is 0 Å². The van der Waals surface area contributed by atoms with Gasteiger partial charge in [-0.05, 0) is 37.0 Å². The lowest BCUT2D eigenvalue weighted by Gasteiger charge is -2.20. The molecule has 17 heavy (non-hydrogen) atoms. The number of benzene rings is 1. The molecule has 0 saturated carbocycles. The van der Waals surface area contributed by atoms with E-state index >= 15 is 0 Å². The smallest absolute Gasteiger partial charge is 0.178 e. The van der Waals surface area contributed by atoms with Crippen LogP contribution in [0.1, 0.15) is 30.6 Å². The van der Waals surface area contributed by atoms with Crippen LogP contribution in [0, 0.1) is 0 Å². The van der Waals surface area contributed by atoms with Gasteiger partial charge in [0.15, 0.2) is 9.84 Å². The molecule has 1 N–H and O–H groups in total. The molecule has 94 valence electrons. The van der Waals surface area contributed by atoms with E-state index in [9.17, 15) is 13.5 Å². The van der Waals surface area contributed by atoms with Crippen LogP contribution in [-0.4, -0.2) is 24.1 Å². The Morgan fingerprint density at radius 2 is 2.12 bits per heavy atom. The molecular formula is C12H15BrO3S. The van der Waals surface area contributed by atoms with Crippen LogP contribution in [0.15, 0.2) is 23.1 Å². The lowest BCUT2D eigenvalue weighted by molar-refractivity contribution is 0.181. The third kappa shape index (κ3) is 2.56. The molecule has 0 aliphatic carbocycles. The van der Waals surface area contributed by atoms with Crippen LogP contribution in [0.25, 0.3) is 0 Å². The van der Waals surface area contributed by atoms with E-state index in [1.165, 1.54) is 0 Å². The molecule has 0 aromatic heterocycles. The monoisotopic (exact) mass is 318 g/mol. The Morgan fingerprint density at radius 3 is 2.76 bits per heavy atom. The van der Waals surface area contributed by atoms with Gasteiger partial charge in [0.2, 0.25) is 0 Å². The van der Waals surface area contributed by atoms with Gasteiger partial charge in [-0.3, -0.25) is 0 Å². The molecule has 1 aliphatic heterocycles. The van der Waals surface area contributed by atoms with Crippen LogP contribution in [0.4, 0.5) is 0 Å². The van der Waals surface area contributed by atoms with Gasteiger partial charge in [-0.25, -0.2) is 8.42 Å². The maximum absolute atomic E-state index is 11.8. The van der Waals surface area contributed by atoms with Crippen molar-refractivity contribution in [1.29, 1.82) is 0 Å². The van der Waals surface area contributed by atoms with Crippen molar-refractivity contribution in [2.75, 3.05) is 5.75 Å². The molecular weight excluding hydrogens is 304 g/mol. The van der Waals surface area contributed by atoms with Crippen LogP contribution in [0.2, 0.25) is 0 Å². The average Bonchev–Trinajstić information content (AvgIpc) is 2.27. The van der Waals surface area contributed by atoms with E-state index in [1.54, 1.807) is 12.1 Å². The lowest BCUT2D eigenvalue weighted by Crippen LogP contribution is -2.17. The molecule has 3 nitrogen and oxygen atoms in total.